The molecule has 2 aromatic rings. The van der Waals surface area contributed by atoms with Crippen molar-refractivity contribution in [2.75, 3.05) is 13.7 Å². The van der Waals surface area contributed by atoms with Crippen LogP contribution in [0.5, 0.6) is 5.75 Å². The molecular weight excluding hydrogens is 359 g/mol. The molecular formula is C17H15Cl3O3. The first-order valence-corrected chi connectivity index (χ1v) is 8.06. The highest BCUT2D eigenvalue weighted by Crippen LogP contribution is 2.31. The molecule has 122 valence electrons. The van der Waals surface area contributed by atoms with Crippen LogP contribution in [0.4, 0.5) is 0 Å². The Morgan fingerprint density at radius 1 is 1.09 bits per heavy atom. The highest BCUT2D eigenvalue weighted by Gasteiger charge is 2.24. The predicted molar refractivity (Wildman–Crippen MR) is 92.8 cm³/mol. The smallest absolute Gasteiger partial charge is 0.313 e. The SMILES string of the molecule is COC(=O)[C@H](CCOc1ccccc1Cl)c1ccc(Cl)cc1Cl. The number of esters is 1. The molecule has 0 N–H and O–H groups in total. The van der Waals surface area contributed by atoms with Gasteiger partial charge in [0.05, 0.1) is 24.7 Å². The minimum Gasteiger partial charge on any atom is -0.492 e. The van der Waals surface area contributed by atoms with Crippen LogP contribution in [-0.4, -0.2) is 19.7 Å². The van der Waals surface area contributed by atoms with Gasteiger partial charge in [0.25, 0.3) is 0 Å². The quantitative estimate of drug-likeness (QED) is 0.638. The van der Waals surface area contributed by atoms with Crippen molar-refractivity contribution in [1.29, 1.82) is 0 Å². The molecule has 2 aromatic carbocycles. The molecule has 0 aliphatic heterocycles. The molecule has 2 rings (SSSR count). The lowest BCUT2D eigenvalue weighted by molar-refractivity contribution is -0.142. The van der Waals surface area contributed by atoms with Gasteiger partial charge in [-0.05, 0) is 36.2 Å². The largest absolute Gasteiger partial charge is 0.492 e. The molecule has 0 spiro atoms. The number of hydrogen-bond acceptors (Lipinski definition) is 3. The average molecular weight is 374 g/mol. The van der Waals surface area contributed by atoms with E-state index < -0.39 is 5.92 Å². The van der Waals surface area contributed by atoms with Gasteiger partial charge in [-0.15, -0.1) is 0 Å². The van der Waals surface area contributed by atoms with E-state index in [0.29, 0.717) is 39.4 Å². The van der Waals surface area contributed by atoms with E-state index in [1.54, 1.807) is 30.3 Å². The molecule has 0 bridgehead atoms. The molecule has 0 aromatic heterocycles. The first kappa shape index (κ1) is 17.9. The van der Waals surface area contributed by atoms with Crippen molar-refractivity contribution in [3.63, 3.8) is 0 Å². The maximum atomic E-state index is 12.1. The zero-order valence-electron chi connectivity index (χ0n) is 12.4. The highest BCUT2D eigenvalue weighted by atomic mass is 35.5. The summed E-state index contributed by atoms with van der Waals surface area (Å²) in [4.78, 5) is 12.1. The summed E-state index contributed by atoms with van der Waals surface area (Å²) >= 11 is 18.1. The number of para-hydroxylation sites is 1. The first-order chi connectivity index (χ1) is 11.0. The highest BCUT2D eigenvalue weighted by molar-refractivity contribution is 6.35. The summed E-state index contributed by atoms with van der Waals surface area (Å²) in [7, 11) is 1.34. The summed E-state index contributed by atoms with van der Waals surface area (Å²) in [5.41, 5.74) is 0.658. The van der Waals surface area contributed by atoms with Gasteiger partial charge in [0, 0.05) is 10.0 Å². The molecule has 0 fully saturated rings. The van der Waals surface area contributed by atoms with Gasteiger partial charge in [-0.1, -0.05) is 53.0 Å². The third kappa shape index (κ3) is 4.77. The van der Waals surface area contributed by atoms with E-state index in [2.05, 4.69) is 0 Å². The molecule has 0 radical (unpaired) electrons. The molecule has 0 amide bonds. The summed E-state index contributed by atoms with van der Waals surface area (Å²) in [6, 6.07) is 12.2. The van der Waals surface area contributed by atoms with Crippen LogP contribution in [0.25, 0.3) is 0 Å². The van der Waals surface area contributed by atoms with Gasteiger partial charge < -0.3 is 9.47 Å². The summed E-state index contributed by atoms with van der Waals surface area (Å²) in [6.07, 6.45) is 0.402. The van der Waals surface area contributed by atoms with E-state index in [1.165, 1.54) is 7.11 Å². The van der Waals surface area contributed by atoms with Gasteiger partial charge in [0.1, 0.15) is 5.75 Å². The van der Waals surface area contributed by atoms with Crippen LogP contribution in [-0.2, 0) is 9.53 Å². The van der Waals surface area contributed by atoms with Crippen LogP contribution in [0.15, 0.2) is 42.5 Å². The Balaban J connectivity index is 2.10. The third-order valence-electron chi connectivity index (χ3n) is 3.32. The molecule has 0 aliphatic rings. The number of ether oxygens (including phenoxy) is 2. The number of carbonyl (C=O) groups is 1. The fraction of sp³-hybridized carbons (Fsp3) is 0.235. The Hall–Kier alpha value is -1.42. The Kier molecular flexibility index (Phi) is 6.58. The van der Waals surface area contributed by atoms with Crippen LogP contribution in [0.2, 0.25) is 15.1 Å². The molecule has 23 heavy (non-hydrogen) atoms. The summed E-state index contributed by atoms with van der Waals surface area (Å²) in [6.45, 7) is 0.294. The number of hydrogen-bond donors (Lipinski definition) is 0. The van der Waals surface area contributed by atoms with Crippen molar-refractivity contribution in [2.24, 2.45) is 0 Å². The molecule has 3 nitrogen and oxygen atoms in total. The molecule has 1 atom stereocenters. The van der Waals surface area contributed by atoms with Crippen LogP contribution in [0, 0.1) is 0 Å². The second-order valence-corrected chi connectivity index (χ2v) is 6.06. The van der Waals surface area contributed by atoms with E-state index in [9.17, 15) is 4.79 Å². The van der Waals surface area contributed by atoms with E-state index in [4.69, 9.17) is 44.3 Å². The lowest BCUT2D eigenvalue weighted by Crippen LogP contribution is -2.17. The minimum absolute atomic E-state index is 0.294. The van der Waals surface area contributed by atoms with Gasteiger partial charge in [0.2, 0.25) is 0 Å². The lowest BCUT2D eigenvalue weighted by Gasteiger charge is -2.17. The molecule has 0 saturated heterocycles. The third-order valence-corrected chi connectivity index (χ3v) is 4.20. The average Bonchev–Trinajstić information content (AvgIpc) is 2.53. The zero-order valence-corrected chi connectivity index (χ0v) is 14.7. The number of rotatable bonds is 6. The monoisotopic (exact) mass is 372 g/mol. The van der Waals surface area contributed by atoms with E-state index in [-0.39, 0.29) is 5.97 Å². The van der Waals surface area contributed by atoms with Gasteiger partial charge in [-0.25, -0.2) is 0 Å². The Morgan fingerprint density at radius 3 is 2.48 bits per heavy atom. The van der Waals surface area contributed by atoms with E-state index >= 15 is 0 Å². The molecule has 0 heterocycles. The summed E-state index contributed by atoms with van der Waals surface area (Å²) in [5.74, 6) is -0.343. The maximum absolute atomic E-state index is 12.1. The molecule has 6 heteroatoms. The number of halogens is 3. The number of benzene rings is 2. The molecule has 0 saturated carbocycles. The molecule has 0 unspecified atom stereocenters. The van der Waals surface area contributed by atoms with Crippen molar-refractivity contribution in [3.05, 3.63) is 63.1 Å². The zero-order chi connectivity index (χ0) is 16.8. The van der Waals surface area contributed by atoms with Crippen molar-refractivity contribution in [3.8, 4) is 5.75 Å². The Morgan fingerprint density at radius 2 is 1.83 bits per heavy atom. The topological polar surface area (TPSA) is 35.5 Å². The van der Waals surface area contributed by atoms with Crippen LogP contribution < -0.4 is 4.74 Å². The predicted octanol–water partition coefficient (Wildman–Crippen LogP) is 5.37. The normalized spacial score (nSPS) is 11.8. The first-order valence-electron chi connectivity index (χ1n) is 6.93. The minimum atomic E-state index is -0.535. The van der Waals surface area contributed by atoms with E-state index in [1.807, 2.05) is 12.1 Å². The Labute approximate surface area is 150 Å². The lowest BCUT2D eigenvalue weighted by atomic mass is 9.96. The number of methoxy groups -OCH3 is 1. The maximum Gasteiger partial charge on any atom is 0.313 e. The van der Waals surface area contributed by atoms with Crippen molar-refractivity contribution >= 4 is 40.8 Å². The van der Waals surface area contributed by atoms with Gasteiger partial charge in [-0.3, -0.25) is 4.79 Å². The van der Waals surface area contributed by atoms with Crippen LogP contribution in [0.3, 0.4) is 0 Å². The second-order valence-electron chi connectivity index (χ2n) is 4.81. The fourth-order valence-corrected chi connectivity index (χ4v) is 2.91. The van der Waals surface area contributed by atoms with Crippen molar-refractivity contribution in [2.45, 2.75) is 12.3 Å². The van der Waals surface area contributed by atoms with Crippen molar-refractivity contribution < 1.29 is 14.3 Å². The Bertz CT molecular complexity index is 689. The van der Waals surface area contributed by atoms with Gasteiger partial charge in [-0.2, -0.15) is 0 Å². The fourth-order valence-electron chi connectivity index (χ4n) is 2.18. The van der Waals surface area contributed by atoms with Crippen LogP contribution in [0.1, 0.15) is 17.9 Å². The van der Waals surface area contributed by atoms with Crippen LogP contribution >= 0.6 is 34.8 Å². The standard InChI is InChI=1S/C17H15Cl3O3/c1-22-17(21)13(12-7-6-11(18)10-15(12)20)8-9-23-16-5-3-2-4-14(16)19/h2-7,10,13H,8-9H2,1H3/t13-/m1/s1. The van der Waals surface area contributed by atoms with Crippen molar-refractivity contribution in [1.82, 2.24) is 0 Å². The number of carbonyl (C=O) groups excluding carboxylic acids is 1. The summed E-state index contributed by atoms with van der Waals surface area (Å²) in [5, 5.41) is 1.45. The van der Waals surface area contributed by atoms with Gasteiger partial charge >= 0.3 is 5.97 Å². The second kappa shape index (κ2) is 8.44. The van der Waals surface area contributed by atoms with Gasteiger partial charge in [0.15, 0.2) is 0 Å². The van der Waals surface area contributed by atoms with E-state index in [0.717, 1.165) is 0 Å². The summed E-state index contributed by atoms with van der Waals surface area (Å²) < 4.78 is 10.5. The molecule has 0 aliphatic carbocycles.